The number of carbonyl (C=O) groups excluding carboxylic acids is 2. The normalized spacial score (nSPS) is 33.2. The van der Waals surface area contributed by atoms with Crippen LogP contribution in [-0.2, 0) is 14.3 Å². The molecule has 0 bridgehead atoms. The van der Waals surface area contributed by atoms with E-state index >= 15 is 0 Å². The highest BCUT2D eigenvalue weighted by Gasteiger charge is 2.38. The average Bonchev–Trinajstić information content (AvgIpc) is 2.23. The lowest BCUT2D eigenvalue weighted by atomic mass is 9.77. The maximum atomic E-state index is 12.1. The Balaban J connectivity index is 1.66. The highest BCUT2D eigenvalue weighted by atomic mass is 16.5. The van der Waals surface area contributed by atoms with Gasteiger partial charge in [0.05, 0.1) is 6.10 Å². The van der Waals surface area contributed by atoms with Crippen LogP contribution in [0.2, 0.25) is 0 Å². The van der Waals surface area contributed by atoms with Gasteiger partial charge in [-0.25, -0.2) is 0 Å². The number of nitrogens with zero attached hydrogens (tertiary/aromatic N) is 1. The maximum Gasteiger partial charge on any atom is 0.222 e. The van der Waals surface area contributed by atoms with E-state index < -0.39 is 0 Å². The average molecular weight is 268 g/mol. The van der Waals surface area contributed by atoms with Gasteiger partial charge < -0.3 is 15.4 Å². The summed E-state index contributed by atoms with van der Waals surface area (Å²) in [5.74, 6) is 0.383. The molecule has 0 aliphatic heterocycles. The molecule has 2 N–H and O–H groups in total. The summed E-state index contributed by atoms with van der Waals surface area (Å²) in [6.07, 6.45) is 4.42. The Morgan fingerprint density at radius 2 is 1.89 bits per heavy atom. The predicted molar refractivity (Wildman–Crippen MR) is 71.2 cm³/mol. The zero-order valence-electron chi connectivity index (χ0n) is 11.8. The van der Waals surface area contributed by atoms with Crippen LogP contribution in [0.3, 0.4) is 0 Å². The van der Waals surface area contributed by atoms with E-state index in [0.717, 1.165) is 32.3 Å². The minimum absolute atomic E-state index is 0.0358. The standard InChI is InChI=1S/C14H24N2O3/c1-3-19-12-4-9(5-12)6-13(17)16(2)11-7-10(8-11)14(15)18/h9-12H,3-8H2,1-2H3,(H2,15,18). The Bertz CT molecular complexity index is 347. The van der Waals surface area contributed by atoms with Crippen molar-refractivity contribution in [1.29, 1.82) is 0 Å². The van der Waals surface area contributed by atoms with Gasteiger partial charge in [0.2, 0.25) is 11.8 Å². The maximum absolute atomic E-state index is 12.1. The van der Waals surface area contributed by atoms with Gasteiger partial charge in [-0.1, -0.05) is 0 Å². The molecule has 2 amide bonds. The van der Waals surface area contributed by atoms with Gasteiger partial charge in [-0.3, -0.25) is 9.59 Å². The number of hydrogen-bond acceptors (Lipinski definition) is 3. The Morgan fingerprint density at radius 3 is 2.42 bits per heavy atom. The van der Waals surface area contributed by atoms with E-state index in [1.807, 2.05) is 14.0 Å². The van der Waals surface area contributed by atoms with E-state index in [0.29, 0.717) is 18.4 Å². The Hall–Kier alpha value is -1.10. The fourth-order valence-electron chi connectivity index (χ4n) is 2.94. The number of ether oxygens (including phenoxy) is 1. The molecule has 0 aromatic heterocycles. The Labute approximate surface area is 114 Å². The van der Waals surface area contributed by atoms with E-state index in [1.54, 1.807) is 4.90 Å². The molecule has 0 atom stereocenters. The summed E-state index contributed by atoms with van der Waals surface area (Å²) in [7, 11) is 1.84. The van der Waals surface area contributed by atoms with Crippen molar-refractivity contribution >= 4 is 11.8 Å². The molecule has 108 valence electrons. The van der Waals surface area contributed by atoms with Crippen LogP contribution in [0.25, 0.3) is 0 Å². The van der Waals surface area contributed by atoms with Gasteiger partial charge in [-0.05, 0) is 38.5 Å². The van der Waals surface area contributed by atoms with Crippen LogP contribution in [0.1, 0.15) is 39.0 Å². The van der Waals surface area contributed by atoms with Crippen LogP contribution in [0, 0.1) is 11.8 Å². The summed E-state index contributed by atoms with van der Waals surface area (Å²) in [6, 6.07) is 0.202. The summed E-state index contributed by atoms with van der Waals surface area (Å²) in [4.78, 5) is 24.8. The molecule has 5 heteroatoms. The topological polar surface area (TPSA) is 72.6 Å². The van der Waals surface area contributed by atoms with Gasteiger partial charge in [0, 0.05) is 32.0 Å². The van der Waals surface area contributed by atoms with Crippen LogP contribution in [0.5, 0.6) is 0 Å². The third-order valence-electron chi connectivity index (χ3n) is 4.51. The molecule has 2 fully saturated rings. The zero-order valence-corrected chi connectivity index (χ0v) is 11.8. The van der Waals surface area contributed by atoms with Crippen molar-refractivity contribution in [2.45, 2.75) is 51.2 Å². The summed E-state index contributed by atoms with van der Waals surface area (Å²) >= 11 is 0. The van der Waals surface area contributed by atoms with E-state index in [1.165, 1.54) is 0 Å². The summed E-state index contributed by atoms with van der Waals surface area (Å²) in [6.45, 7) is 2.75. The molecule has 2 saturated carbocycles. The first-order valence-electron chi connectivity index (χ1n) is 7.17. The second kappa shape index (κ2) is 5.90. The van der Waals surface area contributed by atoms with Crippen molar-refractivity contribution in [1.82, 2.24) is 4.90 Å². The molecule has 0 aromatic rings. The Kier molecular flexibility index (Phi) is 4.45. The number of nitrogens with two attached hydrogens (primary N) is 1. The van der Waals surface area contributed by atoms with Crippen LogP contribution in [0.4, 0.5) is 0 Å². The minimum atomic E-state index is -0.240. The molecule has 0 unspecified atom stereocenters. The molecule has 19 heavy (non-hydrogen) atoms. The quantitative estimate of drug-likeness (QED) is 0.778. The summed E-state index contributed by atoms with van der Waals surface area (Å²) in [5, 5.41) is 0. The lowest BCUT2D eigenvalue weighted by Crippen LogP contribution is -2.50. The fraction of sp³-hybridized carbons (Fsp3) is 0.857. The predicted octanol–water partition coefficient (Wildman–Crippen LogP) is 0.914. The second-order valence-electron chi connectivity index (χ2n) is 5.85. The third-order valence-corrected chi connectivity index (χ3v) is 4.51. The van der Waals surface area contributed by atoms with Crippen LogP contribution in [-0.4, -0.2) is 42.5 Å². The number of hydrogen-bond donors (Lipinski definition) is 1. The highest BCUT2D eigenvalue weighted by Crippen LogP contribution is 2.35. The first-order chi connectivity index (χ1) is 9.01. The molecule has 0 radical (unpaired) electrons. The molecule has 2 aliphatic rings. The molecule has 0 heterocycles. The second-order valence-corrected chi connectivity index (χ2v) is 5.85. The number of primary amides is 1. The monoisotopic (exact) mass is 268 g/mol. The first-order valence-corrected chi connectivity index (χ1v) is 7.17. The van der Waals surface area contributed by atoms with Gasteiger partial charge in [-0.2, -0.15) is 0 Å². The number of carbonyl (C=O) groups is 2. The largest absolute Gasteiger partial charge is 0.378 e. The highest BCUT2D eigenvalue weighted by molar-refractivity contribution is 5.79. The van der Waals surface area contributed by atoms with Gasteiger partial charge in [0.25, 0.3) is 0 Å². The molecule has 0 saturated heterocycles. The first kappa shape index (κ1) is 14.3. The Morgan fingerprint density at radius 1 is 1.26 bits per heavy atom. The lowest BCUT2D eigenvalue weighted by Gasteiger charge is -2.41. The number of amides is 2. The smallest absolute Gasteiger partial charge is 0.222 e. The number of rotatable bonds is 6. The van der Waals surface area contributed by atoms with E-state index in [-0.39, 0.29) is 23.8 Å². The molecular formula is C14H24N2O3. The SMILES string of the molecule is CCOC1CC(CC(=O)N(C)C2CC(C(N)=O)C2)C1. The van der Waals surface area contributed by atoms with Crippen LogP contribution >= 0.6 is 0 Å². The van der Waals surface area contributed by atoms with E-state index in [2.05, 4.69) is 0 Å². The zero-order chi connectivity index (χ0) is 14.0. The van der Waals surface area contributed by atoms with Crippen molar-refractivity contribution < 1.29 is 14.3 Å². The summed E-state index contributed by atoms with van der Waals surface area (Å²) < 4.78 is 5.49. The molecule has 2 aliphatic carbocycles. The molecule has 0 aromatic carbocycles. The fourth-order valence-corrected chi connectivity index (χ4v) is 2.94. The molecular weight excluding hydrogens is 244 g/mol. The van der Waals surface area contributed by atoms with Gasteiger partial charge in [0.15, 0.2) is 0 Å². The van der Waals surface area contributed by atoms with Crippen molar-refractivity contribution in [3.05, 3.63) is 0 Å². The summed E-state index contributed by atoms with van der Waals surface area (Å²) in [5.41, 5.74) is 5.24. The van der Waals surface area contributed by atoms with Crippen molar-refractivity contribution in [3.8, 4) is 0 Å². The van der Waals surface area contributed by atoms with Crippen LogP contribution in [0.15, 0.2) is 0 Å². The molecule has 0 spiro atoms. The van der Waals surface area contributed by atoms with Gasteiger partial charge >= 0.3 is 0 Å². The van der Waals surface area contributed by atoms with Gasteiger partial charge in [0.1, 0.15) is 0 Å². The van der Waals surface area contributed by atoms with Crippen molar-refractivity contribution in [2.75, 3.05) is 13.7 Å². The van der Waals surface area contributed by atoms with Gasteiger partial charge in [-0.15, -0.1) is 0 Å². The third kappa shape index (κ3) is 3.26. The van der Waals surface area contributed by atoms with Crippen molar-refractivity contribution in [2.24, 2.45) is 17.6 Å². The molecule has 5 nitrogen and oxygen atoms in total. The molecule has 2 rings (SSSR count). The lowest BCUT2D eigenvalue weighted by molar-refractivity contribution is -0.140. The minimum Gasteiger partial charge on any atom is -0.378 e. The van der Waals surface area contributed by atoms with Crippen molar-refractivity contribution in [3.63, 3.8) is 0 Å². The van der Waals surface area contributed by atoms with Crippen LogP contribution < -0.4 is 5.73 Å². The van der Waals surface area contributed by atoms with E-state index in [9.17, 15) is 9.59 Å². The van der Waals surface area contributed by atoms with E-state index in [4.69, 9.17) is 10.5 Å².